The first-order chi connectivity index (χ1) is 12.8. The van der Waals surface area contributed by atoms with Gasteiger partial charge in [0.15, 0.2) is 18.9 Å². The molecule has 27 heavy (non-hydrogen) atoms. The molecule has 1 rings (SSSR count). The van der Waals surface area contributed by atoms with E-state index in [-0.39, 0.29) is 18.3 Å². The van der Waals surface area contributed by atoms with E-state index >= 15 is 0 Å². The van der Waals surface area contributed by atoms with E-state index in [1.807, 2.05) is 30.6 Å². The van der Waals surface area contributed by atoms with Crippen molar-refractivity contribution in [3.8, 4) is 0 Å². The average Bonchev–Trinajstić information content (AvgIpc) is 2.66. The predicted molar refractivity (Wildman–Crippen MR) is 110 cm³/mol. The van der Waals surface area contributed by atoms with Crippen molar-refractivity contribution in [2.75, 3.05) is 6.54 Å². The quantitative estimate of drug-likeness (QED) is 0.318. The summed E-state index contributed by atoms with van der Waals surface area (Å²) in [6, 6.07) is 6.02. The molecule has 1 aromatic heterocycles. The van der Waals surface area contributed by atoms with Gasteiger partial charge in [0.1, 0.15) is 0 Å². The summed E-state index contributed by atoms with van der Waals surface area (Å²) < 4.78 is 2.09. The lowest BCUT2D eigenvalue weighted by atomic mass is 10.0. The van der Waals surface area contributed by atoms with Gasteiger partial charge in [0.2, 0.25) is 5.91 Å². The Bertz CT molecular complexity index is 439. The number of nitrogens with one attached hydrogen (secondary N) is 1. The fourth-order valence-electron chi connectivity index (χ4n) is 3.30. The molecule has 0 saturated heterocycles. The molecule has 0 radical (unpaired) electrons. The molecule has 4 heteroatoms. The molecule has 0 atom stereocenters. The van der Waals surface area contributed by atoms with Crippen LogP contribution in [0.1, 0.15) is 96.8 Å². The van der Waals surface area contributed by atoms with Crippen LogP contribution < -0.4 is 22.3 Å². The number of amides is 1. The molecule has 1 N–H and O–H groups in total. The number of hydrogen-bond acceptors (Lipinski definition) is 1. The number of carbonyl (C=O) groups excluding carboxylic acids is 1. The fourth-order valence-corrected chi connectivity index (χ4v) is 3.30. The normalized spacial score (nSPS) is 10.4. The number of rotatable bonds is 17. The van der Waals surface area contributed by atoms with E-state index in [1.165, 1.54) is 77.0 Å². The van der Waals surface area contributed by atoms with Gasteiger partial charge in [0, 0.05) is 18.6 Å². The molecular formula is C23H41ClN2O. The highest BCUT2D eigenvalue weighted by atomic mass is 35.5. The largest absolute Gasteiger partial charge is 1.00 e. The van der Waals surface area contributed by atoms with Crippen molar-refractivity contribution in [3.05, 3.63) is 30.6 Å². The number of unbranched alkanes of at least 4 members (excludes halogenated alkanes) is 12. The molecular weight excluding hydrogens is 356 g/mol. The Kier molecular flexibility index (Phi) is 18.9. The SMILES string of the molecule is CCCCCCCCCCCCCCCC(=O)NCC[n+]1ccccc1.[Cl-]. The molecule has 0 aliphatic carbocycles. The molecule has 0 saturated carbocycles. The summed E-state index contributed by atoms with van der Waals surface area (Å²) in [5.41, 5.74) is 0. The van der Waals surface area contributed by atoms with Crippen LogP contribution in [0.25, 0.3) is 0 Å². The maximum absolute atomic E-state index is 11.8. The van der Waals surface area contributed by atoms with Crippen molar-refractivity contribution in [1.82, 2.24) is 5.32 Å². The van der Waals surface area contributed by atoms with Gasteiger partial charge in [0.05, 0.1) is 6.54 Å². The van der Waals surface area contributed by atoms with Crippen LogP contribution >= 0.6 is 0 Å². The van der Waals surface area contributed by atoms with E-state index in [2.05, 4.69) is 16.8 Å². The number of pyridine rings is 1. The first-order valence-corrected chi connectivity index (χ1v) is 11.0. The monoisotopic (exact) mass is 396 g/mol. The van der Waals surface area contributed by atoms with E-state index in [1.54, 1.807) is 0 Å². The van der Waals surface area contributed by atoms with Crippen LogP contribution in [-0.4, -0.2) is 12.5 Å². The molecule has 0 spiro atoms. The Morgan fingerprint density at radius 3 is 1.74 bits per heavy atom. The lowest BCUT2D eigenvalue weighted by Gasteiger charge is -2.04. The first kappa shape index (κ1) is 25.9. The standard InChI is InChI=1S/C23H40N2O.ClH/c1-2-3-4-5-6-7-8-9-10-11-12-13-15-18-23(26)24-19-22-25-20-16-14-17-21-25;/h14,16-17,20-21H,2-13,15,18-19,22H2,1H3;1H. The molecule has 0 aliphatic rings. The Labute approximate surface area is 173 Å². The third-order valence-corrected chi connectivity index (χ3v) is 4.98. The van der Waals surface area contributed by atoms with Crippen LogP contribution in [0.3, 0.4) is 0 Å². The highest BCUT2D eigenvalue weighted by molar-refractivity contribution is 5.75. The second-order valence-electron chi connectivity index (χ2n) is 7.46. The summed E-state index contributed by atoms with van der Waals surface area (Å²) in [5.74, 6) is 0.199. The van der Waals surface area contributed by atoms with Gasteiger partial charge < -0.3 is 17.7 Å². The zero-order chi connectivity index (χ0) is 18.7. The molecule has 1 heterocycles. The van der Waals surface area contributed by atoms with Gasteiger partial charge in [-0.1, -0.05) is 90.0 Å². The molecule has 0 aliphatic heterocycles. The van der Waals surface area contributed by atoms with Crippen molar-refractivity contribution in [1.29, 1.82) is 0 Å². The number of hydrogen-bond donors (Lipinski definition) is 1. The summed E-state index contributed by atoms with van der Waals surface area (Å²) in [7, 11) is 0. The number of aromatic nitrogens is 1. The maximum atomic E-state index is 11.8. The zero-order valence-electron chi connectivity index (χ0n) is 17.4. The molecule has 0 fully saturated rings. The Balaban J connectivity index is 0.00000676. The van der Waals surface area contributed by atoms with E-state index in [0.29, 0.717) is 13.0 Å². The minimum atomic E-state index is 0. The van der Waals surface area contributed by atoms with E-state index in [0.717, 1.165) is 13.0 Å². The lowest BCUT2D eigenvalue weighted by molar-refractivity contribution is -0.694. The van der Waals surface area contributed by atoms with Gasteiger partial charge in [-0.3, -0.25) is 4.79 Å². The minimum absolute atomic E-state index is 0. The van der Waals surface area contributed by atoms with Crippen LogP contribution in [0.5, 0.6) is 0 Å². The van der Waals surface area contributed by atoms with Gasteiger partial charge in [-0.05, 0) is 6.42 Å². The summed E-state index contributed by atoms with van der Waals surface area (Å²) in [6.45, 7) is 3.83. The highest BCUT2D eigenvalue weighted by Gasteiger charge is 2.03. The van der Waals surface area contributed by atoms with Gasteiger partial charge >= 0.3 is 0 Å². The topological polar surface area (TPSA) is 33.0 Å². The van der Waals surface area contributed by atoms with E-state index < -0.39 is 0 Å². The van der Waals surface area contributed by atoms with Crippen LogP contribution in [-0.2, 0) is 11.3 Å². The average molecular weight is 397 g/mol. The summed E-state index contributed by atoms with van der Waals surface area (Å²) in [6.07, 6.45) is 22.2. The third kappa shape index (κ3) is 16.8. The first-order valence-electron chi connectivity index (χ1n) is 11.0. The van der Waals surface area contributed by atoms with Crippen LogP contribution in [0.2, 0.25) is 0 Å². The Morgan fingerprint density at radius 2 is 1.22 bits per heavy atom. The second-order valence-corrected chi connectivity index (χ2v) is 7.46. The van der Waals surface area contributed by atoms with Crippen LogP contribution in [0.15, 0.2) is 30.6 Å². The minimum Gasteiger partial charge on any atom is -1.00 e. The van der Waals surface area contributed by atoms with E-state index in [4.69, 9.17) is 0 Å². The molecule has 0 aromatic carbocycles. The van der Waals surface area contributed by atoms with Crippen molar-refractivity contribution >= 4 is 5.91 Å². The highest BCUT2D eigenvalue weighted by Crippen LogP contribution is 2.12. The van der Waals surface area contributed by atoms with Gasteiger partial charge in [-0.15, -0.1) is 0 Å². The van der Waals surface area contributed by atoms with Crippen LogP contribution in [0, 0.1) is 0 Å². The number of carbonyl (C=O) groups is 1. The van der Waals surface area contributed by atoms with Crippen molar-refractivity contribution in [2.45, 2.75) is 103 Å². The van der Waals surface area contributed by atoms with Gasteiger partial charge in [-0.2, -0.15) is 0 Å². The fraction of sp³-hybridized carbons (Fsp3) is 0.739. The second kappa shape index (κ2) is 19.7. The lowest BCUT2D eigenvalue weighted by Crippen LogP contribution is -3.00. The Hall–Kier alpha value is -1.09. The molecule has 1 aromatic rings. The van der Waals surface area contributed by atoms with E-state index in [9.17, 15) is 4.79 Å². The van der Waals surface area contributed by atoms with Crippen molar-refractivity contribution < 1.29 is 21.8 Å². The van der Waals surface area contributed by atoms with Gasteiger partial charge in [-0.25, -0.2) is 4.57 Å². The van der Waals surface area contributed by atoms with Crippen LogP contribution in [0.4, 0.5) is 0 Å². The predicted octanol–water partition coefficient (Wildman–Crippen LogP) is 2.58. The smallest absolute Gasteiger partial charge is 0.220 e. The molecule has 0 bridgehead atoms. The zero-order valence-corrected chi connectivity index (χ0v) is 18.2. The summed E-state index contributed by atoms with van der Waals surface area (Å²) in [4.78, 5) is 11.8. The molecule has 1 amide bonds. The Morgan fingerprint density at radius 1 is 0.741 bits per heavy atom. The molecule has 156 valence electrons. The summed E-state index contributed by atoms with van der Waals surface area (Å²) >= 11 is 0. The van der Waals surface area contributed by atoms with Crippen molar-refractivity contribution in [3.63, 3.8) is 0 Å². The maximum Gasteiger partial charge on any atom is 0.220 e. The summed E-state index contributed by atoms with van der Waals surface area (Å²) in [5, 5.41) is 3.01. The molecule has 3 nitrogen and oxygen atoms in total. The third-order valence-electron chi connectivity index (χ3n) is 4.98. The van der Waals surface area contributed by atoms with Gasteiger partial charge in [0.25, 0.3) is 0 Å². The van der Waals surface area contributed by atoms with Crippen molar-refractivity contribution in [2.24, 2.45) is 0 Å². The molecule has 0 unspecified atom stereocenters. The number of nitrogens with zero attached hydrogens (tertiary/aromatic N) is 1. The number of halogens is 1.